The van der Waals surface area contributed by atoms with Gasteiger partial charge in [-0.25, -0.2) is 9.55 Å². The smallest absolute Gasteiger partial charge is 0.386 e. The number of nitrogens with two attached hydrogens (primary N) is 1. The molecule has 23 heavy (non-hydrogen) atoms. The molecule has 1 saturated heterocycles. The zero-order chi connectivity index (χ0) is 16.9. The molecule has 2 unspecified atom stereocenters. The summed E-state index contributed by atoms with van der Waals surface area (Å²) < 4.78 is 22.3. The second-order valence-electron chi connectivity index (χ2n) is 5.06. The van der Waals surface area contributed by atoms with Gasteiger partial charge in [-0.1, -0.05) is 0 Å². The highest BCUT2D eigenvalue weighted by atomic mass is 31.2. The van der Waals surface area contributed by atoms with E-state index >= 15 is 0 Å². The lowest BCUT2D eigenvalue weighted by Crippen LogP contribution is -2.32. The summed E-state index contributed by atoms with van der Waals surface area (Å²) in [6, 6.07) is 0. The lowest BCUT2D eigenvalue weighted by molar-refractivity contribution is -0.0299. The van der Waals surface area contributed by atoms with E-state index in [1.165, 1.54) is 17.8 Å². The van der Waals surface area contributed by atoms with Gasteiger partial charge in [0, 0.05) is 0 Å². The molecule has 0 spiro atoms. The van der Waals surface area contributed by atoms with E-state index < -0.39 is 37.9 Å². The molecule has 1 aliphatic rings. The molecule has 4 atom stereocenters. The number of anilines is 1. The fraction of sp³-hybridized carbons (Fsp3) is 0.500. The lowest BCUT2D eigenvalue weighted by Gasteiger charge is -2.19. The number of hydrogen-bond donors (Lipinski definition) is 5. The number of rotatable bonds is 3. The maximum Gasteiger partial charge on any atom is 0.470 e. The molecule has 0 aromatic carbocycles. The lowest BCUT2D eigenvalue weighted by atomic mass is 10.1. The molecule has 0 saturated carbocycles. The number of hydrogen-bond acceptors (Lipinski definition) is 8. The van der Waals surface area contributed by atoms with Crippen molar-refractivity contribution in [2.45, 2.75) is 31.5 Å². The van der Waals surface area contributed by atoms with Gasteiger partial charge < -0.3 is 25.4 Å². The van der Waals surface area contributed by atoms with Crippen molar-refractivity contribution in [3.05, 3.63) is 16.7 Å². The van der Waals surface area contributed by atoms with Crippen LogP contribution in [0.3, 0.4) is 0 Å². The van der Waals surface area contributed by atoms with Crippen molar-refractivity contribution in [2.24, 2.45) is 0 Å². The van der Waals surface area contributed by atoms with Gasteiger partial charge in [-0.15, -0.1) is 0 Å². The summed E-state index contributed by atoms with van der Waals surface area (Å²) >= 11 is 0. The first-order valence-electron chi connectivity index (χ1n) is 6.47. The minimum Gasteiger partial charge on any atom is -0.386 e. The number of phosphoric acid groups is 1. The Kier molecular flexibility index (Phi) is 3.75. The third-order valence-corrected chi connectivity index (χ3v) is 3.95. The highest BCUT2D eigenvalue weighted by Gasteiger charge is 2.46. The molecule has 2 aromatic heterocycles. The van der Waals surface area contributed by atoms with Gasteiger partial charge in [-0.2, -0.15) is 4.98 Å². The Hall–Kier alpha value is -1.82. The number of aliphatic hydroxyl groups is 1. The van der Waals surface area contributed by atoms with Crippen LogP contribution in [0.2, 0.25) is 0 Å². The van der Waals surface area contributed by atoms with E-state index in [0.29, 0.717) is 0 Å². The van der Waals surface area contributed by atoms with Crippen LogP contribution in [0.5, 0.6) is 0 Å². The average molecular weight is 347 g/mol. The topological polar surface area (TPSA) is 186 Å². The summed E-state index contributed by atoms with van der Waals surface area (Å²) in [5.74, 6) is -0.146. The van der Waals surface area contributed by atoms with Crippen LogP contribution in [0.25, 0.3) is 11.2 Å². The Morgan fingerprint density at radius 2 is 2.22 bits per heavy atom. The van der Waals surface area contributed by atoms with Gasteiger partial charge in [-0.05, 0) is 6.92 Å². The molecule has 1 fully saturated rings. The zero-order valence-corrected chi connectivity index (χ0v) is 12.6. The molecule has 6 N–H and O–H groups in total. The molecule has 0 aliphatic carbocycles. The van der Waals surface area contributed by atoms with Crippen LogP contribution in [0.15, 0.2) is 11.1 Å². The normalized spacial score (nSPS) is 28.5. The standard InChI is InChI=1S/C10H14N5O7P/c1-3-6(22-23(18,19)20)5(16)9(21-3)15-2-12-4-7(15)13-10(11)14-8(4)17/h2-3,5-6,9,16H,1H3,(H2,18,19,20)(H3,11,13,14,17)/t3-,5?,6?,9-/m1/s1. The van der Waals surface area contributed by atoms with Crippen LogP contribution >= 0.6 is 7.82 Å². The highest BCUT2D eigenvalue weighted by molar-refractivity contribution is 7.46. The first-order valence-corrected chi connectivity index (χ1v) is 8.00. The first kappa shape index (κ1) is 16.1. The van der Waals surface area contributed by atoms with Gasteiger partial charge in [0.15, 0.2) is 17.4 Å². The number of aromatic nitrogens is 4. The van der Waals surface area contributed by atoms with Crippen LogP contribution in [0.1, 0.15) is 13.2 Å². The van der Waals surface area contributed by atoms with Crippen molar-refractivity contribution in [3.63, 3.8) is 0 Å². The summed E-state index contributed by atoms with van der Waals surface area (Å²) in [5.41, 5.74) is 4.98. The van der Waals surface area contributed by atoms with Crippen LogP contribution in [-0.4, -0.2) is 52.7 Å². The van der Waals surface area contributed by atoms with Crippen molar-refractivity contribution in [3.8, 4) is 0 Å². The molecule has 0 radical (unpaired) electrons. The van der Waals surface area contributed by atoms with Crippen LogP contribution in [0.4, 0.5) is 5.95 Å². The third-order valence-electron chi connectivity index (χ3n) is 3.43. The Morgan fingerprint density at radius 1 is 1.52 bits per heavy atom. The number of aliphatic hydroxyl groups excluding tert-OH is 1. The molecule has 12 nitrogen and oxygen atoms in total. The number of nitrogens with zero attached hydrogens (tertiary/aromatic N) is 3. The van der Waals surface area contributed by atoms with Crippen molar-refractivity contribution < 1.29 is 28.7 Å². The molecule has 3 heterocycles. The van der Waals surface area contributed by atoms with E-state index in [4.69, 9.17) is 20.3 Å². The molecule has 0 amide bonds. The molecule has 0 bridgehead atoms. The Morgan fingerprint density at radius 3 is 2.87 bits per heavy atom. The predicted octanol–water partition coefficient (Wildman–Crippen LogP) is -1.54. The Balaban J connectivity index is 2.00. The number of H-pyrrole nitrogens is 1. The van der Waals surface area contributed by atoms with Crippen molar-refractivity contribution in [2.75, 3.05) is 5.73 Å². The van der Waals surface area contributed by atoms with E-state index in [0.717, 1.165) is 0 Å². The third kappa shape index (κ3) is 2.87. The summed E-state index contributed by atoms with van der Waals surface area (Å²) in [7, 11) is -4.81. The zero-order valence-electron chi connectivity index (χ0n) is 11.7. The van der Waals surface area contributed by atoms with Crippen LogP contribution in [-0.2, 0) is 13.8 Å². The number of fused-ring (bicyclic) bond motifs is 1. The quantitative estimate of drug-likeness (QED) is 0.407. The van der Waals surface area contributed by atoms with Crippen LogP contribution in [0, 0.1) is 0 Å². The molecule has 3 rings (SSSR count). The Bertz CT molecular complexity index is 844. The molecular formula is C10H14N5O7P. The highest BCUT2D eigenvalue weighted by Crippen LogP contribution is 2.43. The van der Waals surface area contributed by atoms with E-state index in [9.17, 15) is 14.5 Å². The number of nitrogens with one attached hydrogen (secondary N) is 1. The van der Waals surface area contributed by atoms with E-state index in [2.05, 4.69) is 19.5 Å². The van der Waals surface area contributed by atoms with Gasteiger partial charge in [-0.3, -0.25) is 18.9 Å². The largest absolute Gasteiger partial charge is 0.470 e. The number of ether oxygens (including phenoxy) is 1. The number of imidazole rings is 1. The van der Waals surface area contributed by atoms with Gasteiger partial charge in [0.25, 0.3) is 5.56 Å². The first-order chi connectivity index (χ1) is 10.7. The predicted molar refractivity (Wildman–Crippen MR) is 75.1 cm³/mol. The maximum absolute atomic E-state index is 11.7. The number of phosphoric ester groups is 1. The maximum atomic E-state index is 11.7. The molecular weight excluding hydrogens is 333 g/mol. The molecule has 126 valence electrons. The fourth-order valence-electron chi connectivity index (χ4n) is 2.48. The monoisotopic (exact) mass is 347 g/mol. The van der Waals surface area contributed by atoms with Gasteiger partial charge in [0.05, 0.1) is 12.4 Å². The summed E-state index contributed by atoms with van der Waals surface area (Å²) in [4.78, 5) is 39.6. The van der Waals surface area contributed by atoms with E-state index in [1.54, 1.807) is 0 Å². The molecule has 2 aromatic rings. The number of nitrogen functional groups attached to an aromatic ring is 1. The van der Waals surface area contributed by atoms with E-state index in [-0.39, 0.29) is 17.1 Å². The second kappa shape index (κ2) is 5.37. The SMILES string of the molecule is C[C@H]1O[C@@H](n2cnc3c(=O)[nH]c(N)nc32)C(O)C1OP(=O)(O)O. The minimum atomic E-state index is -4.81. The summed E-state index contributed by atoms with van der Waals surface area (Å²) in [6.45, 7) is 1.48. The molecule has 13 heteroatoms. The second-order valence-corrected chi connectivity index (χ2v) is 6.25. The average Bonchev–Trinajstić information content (AvgIpc) is 2.93. The molecule has 1 aliphatic heterocycles. The van der Waals surface area contributed by atoms with E-state index in [1.807, 2.05) is 0 Å². The van der Waals surface area contributed by atoms with Gasteiger partial charge in [0.2, 0.25) is 5.95 Å². The van der Waals surface area contributed by atoms with Crippen LogP contribution < -0.4 is 11.3 Å². The number of aromatic amines is 1. The van der Waals surface area contributed by atoms with Crippen molar-refractivity contribution >= 4 is 24.9 Å². The summed E-state index contributed by atoms with van der Waals surface area (Å²) in [6.07, 6.45) is -3.39. The van der Waals surface area contributed by atoms with Gasteiger partial charge >= 0.3 is 7.82 Å². The van der Waals surface area contributed by atoms with Crippen molar-refractivity contribution in [1.29, 1.82) is 0 Å². The van der Waals surface area contributed by atoms with Gasteiger partial charge in [0.1, 0.15) is 12.2 Å². The minimum absolute atomic E-state index is 0.0120. The van der Waals surface area contributed by atoms with Crippen molar-refractivity contribution in [1.82, 2.24) is 19.5 Å². The summed E-state index contributed by atoms with van der Waals surface area (Å²) in [5, 5.41) is 10.3. The Labute approximate surface area is 128 Å². The fourth-order valence-corrected chi connectivity index (χ4v) is 3.10.